The Kier molecular flexibility index (Phi) is 4.64. The van der Waals surface area contributed by atoms with E-state index in [1.807, 2.05) is 12.1 Å². The molecule has 5 heteroatoms. The monoisotopic (exact) mass is 305 g/mol. The van der Waals surface area contributed by atoms with Gasteiger partial charge in [0, 0.05) is 13.7 Å². The van der Waals surface area contributed by atoms with E-state index >= 15 is 0 Å². The van der Waals surface area contributed by atoms with Gasteiger partial charge in [-0.3, -0.25) is 4.79 Å². The Balaban J connectivity index is 1.58. The fourth-order valence-electron chi connectivity index (χ4n) is 3.39. The van der Waals surface area contributed by atoms with Crippen LogP contribution < -0.4 is 4.74 Å². The molecule has 0 saturated carbocycles. The predicted molar refractivity (Wildman–Crippen MR) is 82.0 cm³/mol. The second-order valence-corrected chi connectivity index (χ2v) is 6.05. The van der Waals surface area contributed by atoms with Crippen molar-refractivity contribution in [1.29, 1.82) is 0 Å². The van der Waals surface area contributed by atoms with Gasteiger partial charge < -0.3 is 19.5 Å². The number of aliphatic hydroxyl groups excluding tert-OH is 1. The molecule has 1 aliphatic carbocycles. The number of nitrogens with zero attached hydrogens (tertiary/aromatic N) is 1. The van der Waals surface area contributed by atoms with Crippen LogP contribution in [0.3, 0.4) is 0 Å². The van der Waals surface area contributed by atoms with Gasteiger partial charge in [0.1, 0.15) is 5.75 Å². The highest BCUT2D eigenvalue weighted by Gasteiger charge is 2.34. The topological polar surface area (TPSA) is 59.0 Å². The highest BCUT2D eigenvalue weighted by atomic mass is 16.5. The molecule has 2 aliphatic rings. The quantitative estimate of drug-likeness (QED) is 0.887. The normalized spacial score (nSPS) is 23.6. The van der Waals surface area contributed by atoms with Crippen molar-refractivity contribution in [2.75, 3.05) is 26.9 Å². The van der Waals surface area contributed by atoms with Gasteiger partial charge in [-0.15, -0.1) is 0 Å². The van der Waals surface area contributed by atoms with E-state index in [0.29, 0.717) is 13.0 Å². The highest BCUT2D eigenvalue weighted by Crippen LogP contribution is 2.26. The van der Waals surface area contributed by atoms with Gasteiger partial charge in [0.05, 0.1) is 18.8 Å². The molecule has 1 saturated heterocycles. The van der Waals surface area contributed by atoms with Gasteiger partial charge in [0.25, 0.3) is 5.91 Å². The van der Waals surface area contributed by atoms with E-state index in [2.05, 4.69) is 6.07 Å². The molecule has 0 radical (unpaired) electrons. The molecule has 0 unspecified atom stereocenters. The number of hydrogen-bond donors (Lipinski definition) is 1. The molecule has 2 atom stereocenters. The van der Waals surface area contributed by atoms with Crippen molar-refractivity contribution >= 4 is 5.91 Å². The number of aryl methyl sites for hydroxylation is 2. The molecule has 22 heavy (non-hydrogen) atoms. The summed E-state index contributed by atoms with van der Waals surface area (Å²) in [4.78, 5) is 14.0. The van der Waals surface area contributed by atoms with Crippen molar-refractivity contribution in [3.63, 3.8) is 0 Å². The van der Waals surface area contributed by atoms with Gasteiger partial charge in [-0.1, -0.05) is 6.07 Å². The minimum absolute atomic E-state index is 0.00101. The van der Waals surface area contributed by atoms with Crippen LogP contribution in [-0.2, 0) is 22.4 Å². The molecule has 1 heterocycles. The molecule has 1 fully saturated rings. The third kappa shape index (κ3) is 3.10. The third-order valence-electron chi connectivity index (χ3n) is 4.67. The number of likely N-dealkylation sites (tertiary alicyclic amines) is 1. The van der Waals surface area contributed by atoms with Gasteiger partial charge >= 0.3 is 0 Å². The first-order chi connectivity index (χ1) is 10.7. The SMILES string of the molecule is CO[C@H]1C[C@@H](CO)N(C(=O)COc2ccc3c(c2)CCC3)C1. The number of ether oxygens (including phenoxy) is 2. The standard InChI is InChI=1S/C17H23NO4/c1-21-16-8-14(10-19)18(9-16)17(20)11-22-15-6-5-12-3-2-4-13(12)7-15/h5-7,14,16,19H,2-4,8-11H2,1H3/t14-,16-/m0/s1. The number of carbonyl (C=O) groups excluding carboxylic acids is 1. The summed E-state index contributed by atoms with van der Waals surface area (Å²) >= 11 is 0. The minimum Gasteiger partial charge on any atom is -0.484 e. The lowest BCUT2D eigenvalue weighted by Crippen LogP contribution is -2.40. The number of carbonyl (C=O) groups is 1. The van der Waals surface area contributed by atoms with Gasteiger partial charge in [-0.2, -0.15) is 0 Å². The number of methoxy groups -OCH3 is 1. The molecule has 1 amide bonds. The Morgan fingerprint density at radius 3 is 2.95 bits per heavy atom. The van der Waals surface area contributed by atoms with Crippen LogP contribution in [0.25, 0.3) is 0 Å². The second kappa shape index (κ2) is 6.67. The Labute approximate surface area is 130 Å². The summed E-state index contributed by atoms with van der Waals surface area (Å²) in [6, 6.07) is 5.90. The molecule has 1 aliphatic heterocycles. The summed E-state index contributed by atoms with van der Waals surface area (Å²) in [6.45, 7) is 0.490. The van der Waals surface area contributed by atoms with Crippen molar-refractivity contribution < 1.29 is 19.4 Å². The summed E-state index contributed by atoms with van der Waals surface area (Å²) in [5.41, 5.74) is 2.72. The molecule has 0 aromatic heterocycles. The van der Waals surface area contributed by atoms with Crippen molar-refractivity contribution in [3.8, 4) is 5.75 Å². The van der Waals surface area contributed by atoms with E-state index < -0.39 is 0 Å². The van der Waals surface area contributed by atoms with Crippen LogP contribution in [0.1, 0.15) is 24.0 Å². The maximum Gasteiger partial charge on any atom is 0.260 e. The van der Waals surface area contributed by atoms with Crippen LogP contribution >= 0.6 is 0 Å². The van der Waals surface area contributed by atoms with E-state index in [0.717, 1.165) is 18.6 Å². The second-order valence-electron chi connectivity index (χ2n) is 6.05. The largest absolute Gasteiger partial charge is 0.484 e. The molecular weight excluding hydrogens is 282 g/mol. The Morgan fingerprint density at radius 1 is 1.36 bits per heavy atom. The molecule has 1 N–H and O–H groups in total. The van der Waals surface area contributed by atoms with Crippen molar-refractivity contribution in [2.24, 2.45) is 0 Å². The number of hydrogen-bond acceptors (Lipinski definition) is 4. The molecule has 5 nitrogen and oxygen atoms in total. The first-order valence-corrected chi connectivity index (χ1v) is 7.89. The van der Waals surface area contributed by atoms with Crippen LogP contribution in [0.15, 0.2) is 18.2 Å². The number of benzene rings is 1. The van der Waals surface area contributed by atoms with Gasteiger partial charge in [-0.05, 0) is 48.9 Å². The van der Waals surface area contributed by atoms with Crippen LogP contribution in [-0.4, -0.2) is 54.9 Å². The van der Waals surface area contributed by atoms with Gasteiger partial charge in [0.2, 0.25) is 0 Å². The maximum atomic E-state index is 12.3. The molecule has 1 aromatic rings. The first-order valence-electron chi connectivity index (χ1n) is 7.89. The van der Waals surface area contributed by atoms with E-state index in [-0.39, 0.29) is 31.3 Å². The van der Waals surface area contributed by atoms with E-state index in [1.165, 1.54) is 17.5 Å². The molecular formula is C17H23NO4. The molecule has 3 rings (SSSR count). The van der Waals surface area contributed by atoms with E-state index in [1.54, 1.807) is 12.0 Å². The minimum atomic E-state index is -0.166. The van der Waals surface area contributed by atoms with Gasteiger partial charge in [-0.25, -0.2) is 0 Å². The summed E-state index contributed by atoms with van der Waals surface area (Å²) in [7, 11) is 1.63. The number of fused-ring (bicyclic) bond motifs is 1. The van der Waals surface area contributed by atoms with Crippen molar-refractivity contribution in [2.45, 2.75) is 37.8 Å². The lowest BCUT2D eigenvalue weighted by molar-refractivity contribution is -0.135. The Bertz CT molecular complexity index is 545. The van der Waals surface area contributed by atoms with Crippen LogP contribution in [0.4, 0.5) is 0 Å². The average Bonchev–Trinajstić information content (AvgIpc) is 3.17. The fourth-order valence-corrected chi connectivity index (χ4v) is 3.39. The van der Waals surface area contributed by atoms with Gasteiger partial charge in [0.15, 0.2) is 6.61 Å². The lowest BCUT2D eigenvalue weighted by atomic mass is 10.1. The zero-order valence-electron chi connectivity index (χ0n) is 13.0. The van der Waals surface area contributed by atoms with Crippen LogP contribution in [0.5, 0.6) is 5.75 Å². The Morgan fingerprint density at radius 2 is 2.18 bits per heavy atom. The number of rotatable bonds is 5. The lowest BCUT2D eigenvalue weighted by Gasteiger charge is -2.22. The molecule has 1 aromatic carbocycles. The van der Waals surface area contributed by atoms with E-state index in [9.17, 15) is 9.90 Å². The highest BCUT2D eigenvalue weighted by molar-refractivity contribution is 5.78. The molecule has 0 bridgehead atoms. The van der Waals surface area contributed by atoms with Crippen LogP contribution in [0.2, 0.25) is 0 Å². The Hall–Kier alpha value is -1.59. The smallest absolute Gasteiger partial charge is 0.260 e. The predicted octanol–water partition coefficient (Wildman–Crippen LogP) is 1.16. The summed E-state index contributed by atoms with van der Waals surface area (Å²) in [5, 5.41) is 9.40. The number of amides is 1. The number of aliphatic hydroxyl groups is 1. The summed E-state index contributed by atoms with van der Waals surface area (Å²) < 4.78 is 10.9. The zero-order valence-corrected chi connectivity index (χ0v) is 13.0. The molecule has 0 spiro atoms. The summed E-state index contributed by atoms with van der Waals surface area (Å²) in [6.07, 6.45) is 4.11. The van der Waals surface area contributed by atoms with Crippen molar-refractivity contribution in [1.82, 2.24) is 4.90 Å². The third-order valence-corrected chi connectivity index (χ3v) is 4.67. The van der Waals surface area contributed by atoms with Crippen LogP contribution in [0, 0.1) is 0 Å². The average molecular weight is 305 g/mol. The molecule has 120 valence electrons. The fraction of sp³-hybridized carbons (Fsp3) is 0.588. The maximum absolute atomic E-state index is 12.3. The summed E-state index contributed by atoms with van der Waals surface area (Å²) in [5.74, 6) is 0.649. The van der Waals surface area contributed by atoms with E-state index in [4.69, 9.17) is 9.47 Å². The van der Waals surface area contributed by atoms with Crippen molar-refractivity contribution in [3.05, 3.63) is 29.3 Å². The zero-order chi connectivity index (χ0) is 15.5. The first kappa shape index (κ1) is 15.3.